The molecule has 0 unspecified atom stereocenters. The number of hydrogen-bond acceptors (Lipinski definition) is 5. The van der Waals surface area contributed by atoms with E-state index in [4.69, 9.17) is 17.3 Å². The number of benzene rings is 2. The van der Waals surface area contributed by atoms with Crippen LogP contribution in [-0.2, 0) is 22.7 Å². The highest BCUT2D eigenvalue weighted by atomic mass is 35.5. The Hall–Kier alpha value is -3.30. The Balaban J connectivity index is 1.47. The summed E-state index contributed by atoms with van der Waals surface area (Å²) in [5.41, 5.74) is 7.12. The van der Waals surface area contributed by atoms with Crippen molar-refractivity contribution in [2.45, 2.75) is 38.9 Å². The highest BCUT2D eigenvalue weighted by Crippen LogP contribution is 2.27. The molecule has 3 aromatic rings. The molecule has 0 aliphatic heterocycles. The van der Waals surface area contributed by atoms with E-state index in [0.29, 0.717) is 23.1 Å². The van der Waals surface area contributed by atoms with Gasteiger partial charge in [-0.15, -0.1) is 0 Å². The number of carbonyl (C=O) groups excluding carboxylic acids is 3. The number of fused-ring (bicyclic) bond motifs is 1. The molecule has 35 heavy (non-hydrogen) atoms. The fraction of sp³-hybridized carbons (Fsp3) is 0.360. The molecule has 4 rings (SSSR count). The number of aromatic nitrogens is 2. The lowest BCUT2D eigenvalue weighted by atomic mass is 9.80. The van der Waals surface area contributed by atoms with Crippen molar-refractivity contribution in [3.8, 4) is 0 Å². The fourth-order valence-corrected chi connectivity index (χ4v) is 4.54. The van der Waals surface area contributed by atoms with E-state index in [0.717, 1.165) is 12.8 Å². The van der Waals surface area contributed by atoms with E-state index in [1.54, 1.807) is 18.2 Å². The summed E-state index contributed by atoms with van der Waals surface area (Å²) in [6, 6.07) is 11.9. The van der Waals surface area contributed by atoms with Crippen molar-refractivity contribution in [2.75, 3.05) is 13.1 Å². The normalized spacial score (nSPS) is 17.1. The van der Waals surface area contributed by atoms with Gasteiger partial charge in [0.25, 0.3) is 0 Å². The van der Waals surface area contributed by atoms with Crippen LogP contribution in [0, 0.1) is 11.7 Å². The number of Topliss-reactive ketones (excluding diaryl/α,β-unsaturated/α-hetero) is 1. The van der Waals surface area contributed by atoms with Gasteiger partial charge in [-0.05, 0) is 30.9 Å². The molecule has 0 atom stereocenters. The molecule has 3 N–H and O–H groups in total. The van der Waals surface area contributed by atoms with E-state index in [9.17, 15) is 18.8 Å². The minimum absolute atomic E-state index is 0.0220. The number of nitrogens with one attached hydrogen (secondary N) is 1. The molecule has 1 aromatic heterocycles. The summed E-state index contributed by atoms with van der Waals surface area (Å²) in [6.45, 7) is 1.45. The summed E-state index contributed by atoms with van der Waals surface area (Å²) in [5.74, 6) is -1.30. The molecule has 1 aliphatic carbocycles. The molecule has 0 spiro atoms. The summed E-state index contributed by atoms with van der Waals surface area (Å²) in [4.78, 5) is 39.5. The van der Waals surface area contributed by atoms with Crippen molar-refractivity contribution in [1.82, 2.24) is 20.0 Å². The average molecular weight is 500 g/mol. The predicted octanol–water partition coefficient (Wildman–Crippen LogP) is 2.91. The van der Waals surface area contributed by atoms with Crippen LogP contribution in [0.5, 0.6) is 0 Å². The van der Waals surface area contributed by atoms with Crippen LogP contribution < -0.4 is 11.1 Å². The lowest BCUT2D eigenvalue weighted by Crippen LogP contribution is -2.48. The third kappa shape index (κ3) is 5.68. The van der Waals surface area contributed by atoms with E-state index in [1.807, 2.05) is 12.1 Å². The minimum Gasteiger partial charge on any atom is -0.350 e. The van der Waals surface area contributed by atoms with Crippen LogP contribution in [-0.4, -0.2) is 51.4 Å². The standard InChI is InChI=1S/C25H27ClFN5O3/c1-15(33)25-19-6-2-3-8-21(19)32(30-25)14-23(35)31(12-16-9-18(28)10-16)13-22(34)29-11-17-5-4-7-20(26)24(17)27/h2-8,16,18H,9-14,28H2,1H3,(H,29,34). The highest BCUT2D eigenvalue weighted by Gasteiger charge is 2.30. The largest absolute Gasteiger partial charge is 0.350 e. The Bertz CT molecular complexity index is 1270. The Morgan fingerprint density at radius 3 is 2.66 bits per heavy atom. The molecule has 2 aromatic carbocycles. The van der Waals surface area contributed by atoms with E-state index < -0.39 is 11.7 Å². The van der Waals surface area contributed by atoms with Crippen molar-refractivity contribution < 1.29 is 18.8 Å². The molecule has 10 heteroatoms. The first-order valence-corrected chi connectivity index (χ1v) is 11.8. The van der Waals surface area contributed by atoms with Gasteiger partial charge in [0.15, 0.2) is 5.78 Å². The predicted molar refractivity (Wildman–Crippen MR) is 130 cm³/mol. The maximum atomic E-state index is 14.1. The number of para-hydroxylation sites is 1. The molecular formula is C25H27ClFN5O3. The van der Waals surface area contributed by atoms with E-state index in [2.05, 4.69) is 10.4 Å². The van der Waals surface area contributed by atoms with Gasteiger partial charge in [0.1, 0.15) is 18.1 Å². The molecule has 0 radical (unpaired) electrons. The molecule has 8 nitrogen and oxygen atoms in total. The van der Waals surface area contributed by atoms with Gasteiger partial charge in [0, 0.05) is 37.0 Å². The fourth-order valence-electron chi connectivity index (χ4n) is 4.35. The molecule has 1 aliphatic rings. The summed E-state index contributed by atoms with van der Waals surface area (Å²) < 4.78 is 15.6. The Labute approximate surface area is 207 Å². The molecule has 1 saturated carbocycles. The first kappa shape index (κ1) is 24.8. The van der Waals surface area contributed by atoms with Crippen LogP contribution in [0.3, 0.4) is 0 Å². The van der Waals surface area contributed by atoms with Crippen LogP contribution in [0.25, 0.3) is 10.9 Å². The highest BCUT2D eigenvalue weighted by molar-refractivity contribution is 6.30. The van der Waals surface area contributed by atoms with Crippen molar-refractivity contribution in [1.29, 1.82) is 0 Å². The minimum atomic E-state index is -0.585. The molecule has 2 amide bonds. The van der Waals surface area contributed by atoms with Crippen LogP contribution in [0.1, 0.15) is 35.8 Å². The molecule has 184 valence electrons. The average Bonchev–Trinajstić information content (AvgIpc) is 3.17. The smallest absolute Gasteiger partial charge is 0.244 e. The number of hydrogen-bond donors (Lipinski definition) is 2. The lowest BCUT2D eigenvalue weighted by molar-refractivity contribution is -0.137. The number of rotatable bonds is 9. The van der Waals surface area contributed by atoms with Gasteiger partial charge in [-0.2, -0.15) is 5.10 Å². The number of ketones is 1. The number of nitrogens with two attached hydrogens (primary N) is 1. The van der Waals surface area contributed by atoms with Gasteiger partial charge in [0.2, 0.25) is 11.8 Å². The zero-order valence-electron chi connectivity index (χ0n) is 19.3. The van der Waals surface area contributed by atoms with Crippen molar-refractivity contribution >= 4 is 40.1 Å². The number of amides is 2. The first-order valence-electron chi connectivity index (χ1n) is 11.4. The SMILES string of the molecule is CC(=O)c1nn(CC(=O)N(CC(=O)NCc2cccc(Cl)c2F)CC2CC(N)C2)c2ccccc12. The Morgan fingerprint density at radius 1 is 1.20 bits per heavy atom. The maximum absolute atomic E-state index is 14.1. The van der Waals surface area contributed by atoms with Crippen molar-refractivity contribution in [2.24, 2.45) is 11.7 Å². The second-order valence-corrected chi connectivity index (χ2v) is 9.35. The van der Waals surface area contributed by atoms with Crippen LogP contribution in [0.2, 0.25) is 5.02 Å². The van der Waals surface area contributed by atoms with Gasteiger partial charge < -0.3 is 16.0 Å². The molecule has 1 heterocycles. The van der Waals surface area contributed by atoms with Crippen LogP contribution in [0.4, 0.5) is 4.39 Å². The van der Waals surface area contributed by atoms with Gasteiger partial charge in [0.05, 0.1) is 17.1 Å². The van der Waals surface area contributed by atoms with E-state index >= 15 is 0 Å². The maximum Gasteiger partial charge on any atom is 0.244 e. The summed E-state index contributed by atoms with van der Waals surface area (Å²) in [6.07, 6.45) is 1.55. The topological polar surface area (TPSA) is 110 Å². The Kier molecular flexibility index (Phi) is 7.47. The second-order valence-electron chi connectivity index (χ2n) is 8.94. The van der Waals surface area contributed by atoms with Crippen LogP contribution in [0.15, 0.2) is 42.5 Å². The molecule has 0 bridgehead atoms. The second kappa shape index (κ2) is 10.5. The summed E-state index contributed by atoms with van der Waals surface area (Å²) in [5, 5.41) is 7.66. The first-order chi connectivity index (χ1) is 16.7. The van der Waals surface area contributed by atoms with Gasteiger partial charge >= 0.3 is 0 Å². The third-order valence-electron chi connectivity index (χ3n) is 6.22. The summed E-state index contributed by atoms with van der Waals surface area (Å²) in [7, 11) is 0. The van der Waals surface area contributed by atoms with E-state index in [-0.39, 0.29) is 53.9 Å². The molecule has 0 saturated heterocycles. The van der Waals surface area contributed by atoms with E-state index in [1.165, 1.54) is 28.6 Å². The number of carbonyl (C=O) groups is 3. The Morgan fingerprint density at radius 2 is 1.94 bits per heavy atom. The van der Waals surface area contributed by atoms with Gasteiger partial charge in [-0.3, -0.25) is 19.1 Å². The van der Waals surface area contributed by atoms with Gasteiger partial charge in [-0.25, -0.2) is 4.39 Å². The number of nitrogens with zero attached hydrogens (tertiary/aromatic N) is 3. The quantitative estimate of drug-likeness (QED) is 0.440. The van der Waals surface area contributed by atoms with Crippen molar-refractivity contribution in [3.05, 3.63) is 64.6 Å². The number of halogens is 2. The zero-order chi connectivity index (χ0) is 25.1. The van der Waals surface area contributed by atoms with Crippen LogP contribution >= 0.6 is 11.6 Å². The molecule has 1 fully saturated rings. The third-order valence-corrected chi connectivity index (χ3v) is 6.51. The molecular weight excluding hydrogens is 473 g/mol. The zero-order valence-corrected chi connectivity index (χ0v) is 20.1. The summed E-state index contributed by atoms with van der Waals surface area (Å²) >= 11 is 5.81. The monoisotopic (exact) mass is 499 g/mol. The lowest BCUT2D eigenvalue weighted by Gasteiger charge is -2.36. The van der Waals surface area contributed by atoms with Gasteiger partial charge in [-0.1, -0.05) is 41.9 Å². The van der Waals surface area contributed by atoms with Crippen molar-refractivity contribution in [3.63, 3.8) is 0 Å².